The molecule has 1 aliphatic rings. The number of methoxy groups -OCH3 is 1. The topological polar surface area (TPSA) is 54.5 Å². The fourth-order valence-electron chi connectivity index (χ4n) is 3.08. The highest BCUT2D eigenvalue weighted by molar-refractivity contribution is 6.36. The highest BCUT2D eigenvalue weighted by Crippen LogP contribution is 2.39. The number of anilines is 2. The van der Waals surface area contributed by atoms with Gasteiger partial charge in [0, 0.05) is 16.9 Å². The van der Waals surface area contributed by atoms with E-state index in [9.17, 15) is 4.79 Å². The van der Waals surface area contributed by atoms with Gasteiger partial charge in [-0.25, -0.2) is 0 Å². The van der Waals surface area contributed by atoms with Gasteiger partial charge < -0.3 is 10.1 Å². The van der Waals surface area contributed by atoms with Gasteiger partial charge in [-0.2, -0.15) is 0 Å². The smallest absolute Gasteiger partial charge is 0.262 e. The molecule has 0 radical (unpaired) electrons. The zero-order chi connectivity index (χ0) is 19.0. The van der Waals surface area contributed by atoms with Gasteiger partial charge in [0.1, 0.15) is 5.75 Å². The molecule has 1 aliphatic heterocycles. The summed E-state index contributed by atoms with van der Waals surface area (Å²) in [5.41, 5.74) is 2.58. The molecule has 27 heavy (non-hydrogen) atoms. The third-order valence-corrected chi connectivity index (χ3v) is 4.93. The van der Waals surface area contributed by atoms with E-state index in [4.69, 9.17) is 27.9 Å². The largest absolute Gasteiger partial charge is 0.497 e. The number of hydrogen-bond acceptors (Lipinski definition) is 4. The quantitative estimate of drug-likeness (QED) is 0.657. The predicted octanol–water partition coefficient (Wildman–Crippen LogP) is 5.17. The van der Waals surface area contributed by atoms with E-state index in [1.807, 2.05) is 24.3 Å². The van der Waals surface area contributed by atoms with Crippen LogP contribution in [0.5, 0.6) is 5.75 Å². The van der Waals surface area contributed by atoms with E-state index in [0.29, 0.717) is 32.7 Å². The van der Waals surface area contributed by atoms with Crippen LogP contribution in [0.1, 0.15) is 22.2 Å². The van der Waals surface area contributed by atoms with Crippen LogP contribution >= 0.6 is 23.2 Å². The maximum Gasteiger partial charge on any atom is 0.262 e. The van der Waals surface area contributed by atoms with Crippen LogP contribution in [-0.2, 0) is 0 Å². The van der Waals surface area contributed by atoms with E-state index < -0.39 is 6.17 Å². The Balaban J connectivity index is 1.77. The molecule has 2 aromatic carbocycles. The van der Waals surface area contributed by atoms with Crippen molar-refractivity contribution in [1.82, 2.24) is 4.98 Å². The molecular weight excluding hydrogens is 385 g/mol. The summed E-state index contributed by atoms with van der Waals surface area (Å²) in [4.78, 5) is 19.1. The van der Waals surface area contributed by atoms with Crippen molar-refractivity contribution < 1.29 is 9.53 Å². The molecule has 1 N–H and O–H groups in total. The van der Waals surface area contributed by atoms with Gasteiger partial charge in [-0.05, 0) is 54.6 Å². The van der Waals surface area contributed by atoms with E-state index in [-0.39, 0.29) is 5.91 Å². The molecule has 1 aromatic heterocycles. The molecule has 0 saturated heterocycles. The van der Waals surface area contributed by atoms with Crippen molar-refractivity contribution in [2.24, 2.45) is 0 Å². The third-order valence-electron chi connectivity index (χ3n) is 4.38. The summed E-state index contributed by atoms with van der Waals surface area (Å²) >= 11 is 12.3. The standard InChI is InChI=1S/C20H15Cl2N3O2/c1-27-14-7-5-13(6-8-14)25-19(18-15(20(25)26)3-2-10-23-18)24-17-9-4-12(21)11-16(17)22/h2-11,19,24H,1H3/t19-/m1/s1. The summed E-state index contributed by atoms with van der Waals surface area (Å²) in [6, 6.07) is 16.0. The Labute approximate surface area is 166 Å². The maximum atomic E-state index is 13.1. The highest BCUT2D eigenvalue weighted by atomic mass is 35.5. The van der Waals surface area contributed by atoms with Gasteiger partial charge in [-0.1, -0.05) is 23.2 Å². The van der Waals surface area contributed by atoms with Crippen molar-refractivity contribution in [2.75, 3.05) is 17.3 Å². The second-order valence-electron chi connectivity index (χ2n) is 5.98. The Kier molecular flexibility index (Phi) is 4.64. The average molecular weight is 400 g/mol. The van der Waals surface area contributed by atoms with Gasteiger partial charge in [0.05, 0.1) is 29.1 Å². The van der Waals surface area contributed by atoms with Crippen LogP contribution in [0.4, 0.5) is 11.4 Å². The Morgan fingerprint density at radius 3 is 2.59 bits per heavy atom. The molecule has 5 nitrogen and oxygen atoms in total. The minimum absolute atomic E-state index is 0.133. The first-order chi connectivity index (χ1) is 13.1. The van der Waals surface area contributed by atoms with Gasteiger partial charge in [-0.3, -0.25) is 14.7 Å². The fourth-order valence-corrected chi connectivity index (χ4v) is 3.54. The molecule has 3 aromatic rings. The van der Waals surface area contributed by atoms with Crippen LogP contribution in [0.15, 0.2) is 60.8 Å². The summed E-state index contributed by atoms with van der Waals surface area (Å²) in [6.07, 6.45) is 1.17. The van der Waals surface area contributed by atoms with Crippen LogP contribution in [0.2, 0.25) is 10.0 Å². The monoisotopic (exact) mass is 399 g/mol. The molecule has 1 atom stereocenters. The van der Waals surface area contributed by atoms with Crippen molar-refractivity contribution >= 4 is 40.5 Å². The van der Waals surface area contributed by atoms with E-state index in [1.54, 1.807) is 48.5 Å². The first-order valence-corrected chi connectivity index (χ1v) is 8.98. The lowest BCUT2D eigenvalue weighted by atomic mass is 10.2. The fraction of sp³-hybridized carbons (Fsp3) is 0.100. The van der Waals surface area contributed by atoms with Crippen molar-refractivity contribution in [3.63, 3.8) is 0 Å². The van der Waals surface area contributed by atoms with Gasteiger partial charge in [0.2, 0.25) is 0 Å². The molecule has 0 spiro atoms. The van der Waals surface area contributed by atoms with Crippen LogP contribution < -0.4 is 15.0 Å². The second-order valence-corrected chi connectivity index (χ2v) is 6.82. The normalized spacial score (nSPS) is 15.6. The Morgan fingerprint density at radius 2 is 1.89 bits per heavy atom. The number of ether oxygens (including phenoxy) is 1. The molecule has 0 unspecified atom stereocenters. The number of benzene rings is 2. The zero-order valence-electron chi connectivity index (χ0n) is 14.3. The number of rotatable bonds is 4. The first kappa shape index (κ1) is 17.6. The number of halogens is 2. The second kappa shape index (κ2) is 7.10. The van der Waals surface area contributed by atoms with Crippen LogP contribution in [0.25, 0.3) is 0 Å². The number of nitrogens with zero attached hydrogens (tertiary/aromatic N) is 2. The molecule has 0 aliphatic carbocycles. The number of hydrogen-bond donors (Lipinski definition) is 1. The van der Waals surface area contributed by atoms with Crippen LogP contribution in [-0.4, -0.2) is 18.0 Å². The number of carbonyl (C=O) groups is 1. The maximum absolute atomic E-state index is 13.1. The number of nitrogens with one attached hydrogen (secondary N) is 1. The molecule has 0 fully saturated rings. The van der Waals surface area contributed by atoms with E-state index in [1.165, 1.54) is 0 Å². The van der Waals surface area contributed by atoms with Crippen LogP contribution in [0, 0.1) is 0 Å². The minimum atomic E-state index is -0.499. The summed E-state index contributed by atoms with van der Waals surface area (Å²) in [5.74, 6) is 0.581. The average Bonchev–Trinajstić information content (AvgIpc) is 2.96. The molecule has 1 amide bonds. The number of pyridine rings is 1. The van der Waals surface area contributed by atoms with Gasteiger partial charge in [0.15, 0.2) is 6.17 Å². The first-order valence-electron chi connectivity index (χ1n) is 8.22. The number of carbonyl (C=O) groups excluding carboxylic acids is 1. The summed E-state index contributed by atoms with van der Waals surface area (Å²) in [6.45, 7) is 0. The zero-order valence-corrected chi connectivity index (χ0v) is 15.8. The lowest BCUT2D eigenvalue weighted by Gasteiger charge is -2.27. The molecule has 4 rings (SSSR count). The Bertz CT molecular complexity index is 1010. The Hall–Kier alpha value is -2.76. The molecule has 136 valence electrons. The van der Waals surface area contributed by atoms with Gasteiger partial charge >= 0.3 is 0 Å². The predicted molar refractivity (Wildman–Crippen MR) is 107 cm³/mol. The third kappa shape index (κ3) is 3.20. The number of amides is 1. The highest BCUT2D eigenvalue weighted by Gasteiger charge is 2.39. The van der Waals surface area contributed by atoms with Gasteiger partial charge in [-0.15, -0.1) is 0 Å². The number of aromatic nitrogens is 1. The summed E-state index contributed by atoms with van der Waals surface area (Å²) in [5, 5.41) is 4.33. The molecule has 0 saturated carbocycles. The van der Waals surface area contributed by atoms with Crippen molar-refractivity contribution in [3.05, 3.63) is 82.1 Å². The van der Waals surface area contributed by atoms with E-state index in [2.05, 4.69) is 10.3 Å². The molecule has 2 heterocycles. The van der Waals surface area contributed by atoms with Crippen LogP contribution in [0.3, 0.4) is 0 Å². The van der Waals surface area contributed by atoms with Gasteiger partial charge in [0.25, 0.3) is 5.91 Å². The molecule has 0 bridgehead atoms. The van der Waals surface area contributed by atoms with Crippen molar-refractivity contribution in [1.29, 1.82) is 0 Å². The minimum Gasteiger partial charge on any atom is -0.497 e. The lowest BCUT2D eigenvalue weighted by Crippen LogP contribution is -2.32. The van der Waals surface area contributed by atoms with Crippen molar-refractivity contribution in [2.45, 2.75) is 6.17 Å². The van der Waals surface area contributed by atoms with Crippen molar-refractivity contribution in [3.8, 4) is 5.75 Å². The lowest BCUT2D eigenvalue weighted by molar-refractivity contribution is 0.0993. The van der Waals surface area contributed by atoms with E-state index in [0.717, 1.165) is 5.69 Å². The molecule has 7 heteroatoms. The SMILES string of the molecule is COc1ccc(N2C(=O)c3cccnc3[C@@H]2Nc2ccc(Cl)cc2Cl)cc1. The summed E-state index contributed by atoms with van der Waals surface area (Å²) < 4.78 is 5.21. The molecular formula is C20H15Cl2N3O2. The number of fused-ring (bicyclic) bond motifs is 1. The summed E-state index contributed by atoms with van der Waals surface area (Å²) in [7, 11) is 1.60. The van der Waals surface area contributed by atoms with E-state index >= 15 is 0 Å². The Morgan fingerprint density at radius 1 is 1.11 bits per heavy atom.